The lowest BCUT2D eigenvalue weighted by Crippen LogP contribution is -2.61. The fraction of sp³-hybridized carbons (Fsp3) is 0.500. The van der Waals surface area contributed by atoms with E-state index in [9.17, 15) is 4.79 Å². The molecule has 0 saturated carbocycles. The number of likely N-dealkylation sites (tertiary alicyclic amines) is 1. The van der Waals surface area contributed by atoms with E-state index >= 15 is 0 Å². The summed E-state index contributed by atoms with van der Waals surface area (Å²) in [5, 5.41) is 18.7. The minimum absolute atomic E-state index is 0.0462. The smallest absolute Gasteiger partial charge is 0.266 e. The summed E-state index contributed by atoms with van der Waals surface area (Å²) < 4.78 is 12.0. The minimum Gasteiger partial charge on any atom is -0.470 e. The summed E-state index contributed by atoms with van der Waals surface area (Å²) in [5.41, 5.74) is 15.2. The number of halogens is 1. The predicted molar refractivity (Wildman–Crippen MR) is 197 cm³/mol. The average molecular weight is 731 g/mol. The molecule has 0 bridgehead atoms. The van der Waals surface area contributed by atoms with E-state index < -0.39 is 0 Å². The highest BCUT2D eigenvalue weighted by molar-refractivity contribution is 6.32. The molecule has 3 fully saturated rings. The summed E-state index contributed by atoms with van der Waals surface area (Å²) in [6.45, 7) is 7.52. The summed E-state index contributed by atoms with van der Waals surface area (Å²) >= 11 is 6.28. The number of fused-ring (bicyclic) bond motifs is 2. The average Bonchev–Trinajstić information content (AvgIpc) is 3.75. The normalized spacial score (nSPS) is 20.4. The monoisotopic (exact) mass is 730 g/mol. The van der Waals surface area contributed by atoms with E-state index in [1.165, 1.54) is 0 Å². The molecule has 1 aromatic carbocycles. The zero-order valence-electron chi connectivity index (χ0n) is 29.0. The van der Waals surface area contributed by atoms with Gasteiger partial charge < -0.3 is 41.0 Å². The number of rotatable bonds is 10. The SMILES string of the molecule is CC1(NCC2(N)CCN(c3cnc4c(Oc5ccc(N)cc5Cl)n[nH]c4n3)CC2)CCN(c2cnc3c(OC4CCCN(C=O)C4)n[nH]c3n2)CC1. The van der Waals surface area contributed by atoms with Crippen molar-refractivity contribution in [3.05, 3.63) is 35.6 Å². The van der Waals surface area contributed by atoms with E-state index in [1.807, 2.05) is 0 Å². The summed E-state index contributed by atoms with van der Waals surface area (Å²) in [6, 6.07) is 5.03. The van der Waals surface area contributed by atoms with Crippen molar-refractivity contribution in [3.8, 4) is 17.5 Å². The maximum atomic E-state index is 11.2. The maximum Gasteiger partial charge on any atom is 0.266 e. The van der Waals surface area contributed by atoms with Gasteiger partial charge in [0.05, 0.1) is 24.0 Å². The fourth-order valence-corrected chi connectivity index (χ4v) is 7.40. The molecule has 5 aromatic rings. The lowest BCUT2D eigenvalue weighted by atomic mass is 9.85. The zero-order valence-corrected chi connectivity index (χ0v) is 29.8. The number of nitrogens with two attached hydrogens (primary N) is 2. The van der Waals surface area contributed by atoms with Gasteiger partial charge >= 0.3 is 0 Å². The Bertz CT molecular complexity index is 2060. The van der Waals surface area contributed by atoms with Crippen LogP contribution in [0.4, 0.5) is 17.3 Å². The fourth-order valence-electron chi connectivity index (χ4n) is 7.17. The van der Waals surface area contributed by atoms with Gasteiger partial charge in [0.1, 0.15) is 23.5 Å². The van der Waals surface area contributed by atoms with E-state index in [-0.39, 0.29) is 17.2 Å². The third kappa shape index (κ3) is 7.07. The first kappa shape index (κ1) is 34.1. The first-order valence-corrected chi connectivity index (χ1v) is 18.1. The molecule has 4 aromatic heterocycles. The van der Waals surface area contributed by atoms with Crippen LogP contribution in [0.3, 0.4) is 0 Å². The Balaban J connectivity index is 0.822. The van der Waals surface area contributed by atoms with E-state index in [0.717, 1.165) is 95.8 Å². The summed E-state index contributed by atoms with van der Waals surface area (Å²) in [7, 11) is 0. The van der Waals surface area contributed by atoms with Gasteiger partial charge in [-0.05, 0) is 63.6 Å². The first-order valence-electron chi connectivity index (χ1n) is 17.7. The molecule has 1 amide bonds. The second-order valence-electron chi connectivity index (χ2n) is 14.4. The molecule has 0 aliphatic carbocycles. The number of carbonyl (C=O) groups excluding carboxylic acids is 1. The van der Waals surface area contributed by atoms with Crippen molar-refractivity contribution in [2.75, 3.05) is 61.3 Å². The van der Waals surface area contributed by atoms with Gasteiger partial charge in [-0.3, -0.25) is 15.0 Å². The quantitative estimate of drug-likeness (QED) is 0.103. The molecule has 0 radical (unpaired) electrons. The molecule has 7 heterocycles. The molecule has 18 heteroatoms. The van der Waals surface area contributed by atoms with Gasteiger partial charge in [-0.1, -0.05) is 11.6 Å². The van der Waals surface area contributed by atoms with Crippen LogP contribution in [-0.4, -0.2) is 115 Å². The summed E-state index contributed by atoms with van der Waals surface area (Å²) in [4.78, 5) is 36.3. The van der Waals surface area contributed by atoms with Crippen molar-refractivity contribution in [3.63, 3.8) is 0 Å². The van der Waals surface area contributed by atoms with Crippen molar-refractivity contribution in [2.24, 2.45) is 5.73 Å². The molecular formula is C34H43ClN14O3. The van der Waals surface area contributed by atoms with E-state index in [4.69, 9.17) is 42.5 Å². The van der Waals surface area contributed by atoms with Crippen LogP contribution in [0.1, 0.15) is 45.4 Å². The van der Waals surface area contributed by atoms with Gasteiger partial charge in [-0.25, -0.2) is 19.9 Å². The number of nitrogens with one attached hydrogen (secondary N) is 3. The molecule has 52 heavy (non-hydrogen) atoms. The Kier molecular flexibility index (Phi) is 9.09. The van der Waals surface area contributed by atoms with Crippen LogP contribution in [0.2, 0.25) is 5.02 Å². The first-order chi connectivity index (χ1) is 25.2. The number of H-pyrrole nitrogens is 2. The van der Waals surface area contributed by atoms with Crippen LogP contribution in [0, 0.1) is 0 Å². The number of benzene rings is 1. The number of anilines is 3. The summed E-state index contributed by atoms with van der Waals surface area (Å²) in [5.74, 6) is 2.73. The number of nitrogen functional groups attached to an aromatic ring is 1. The Morgan fingerprint density at radius 3 is 2.25 bits per heavy atom. The molecule has 0 spiro atoms. The van der Waals surface area contributed by atoms with Crippen LogP contribution in [0.25, 0.3) is 22.3 Å². The number of nitrogens with zero attached hydrogens (tertiary/aromatic N) is 9. The molecular weight excluding hydrogens is 688 g/mol. The highest BCUT2D eigenvalue weighted by atomic mass is 35.5. The molecule has 3 aliphatic heterocycles. The van der Waals surface area contributed by atoms with Crippen LogP contribution >= 0.6 is 11.6 Å². The number of hydrogen-bond acceptors (Lipinski definition) is 14. The van der Waals surface area contributed by atoms with Crippen LogP contribution < -0.4 is 36.1 Å². The van der Waals surface area contributed by atoms with Crippen LogP contribution in [0.15, 0.2) is 30.6 Å². The van der Waals surface area contributed by atoms with E-state index in [2.05, 4.69) is 52.4 Å². The van der Waals surface area contributed by atoms with Crippen LogP contribution in [-0.2, 0) is 4.79 Å². The van der Waals surface area contributed by atoms with Crippen molar-refractivity contribution in [2.45, 2.75) is 62.6 Å². The molecule has 8 rings (SSSR count). The van der Waals surface area contributed by atoms with Crippen molar-refractivity contribution >= 4 is 57.7 Å². The highest BCUT2D eigenvalue weighted by Crippen LogP contribution is 2.34. The van der Waals surface area contributed by atoms with Gasteiger partial charge in [0.2, 0.25) is 6.41 Å². The molecule has 1 unspecified atom stereocenters. The number of aromatic nitrogens is 8. The predicted octanol–water partition coefficient (Wildman–Crippen LogP) is 2.99. The molecule has 274 valence electrons. The minimum atomic E-state index is -0.332. The molecule has 1 atom stereocenters. The number of aromatic amines is 2. The van der Waals surface area contributed by atoms with E-state index in [1.54, 1.807) is 35.5 Å². The highest BCUT2D eigenvalue weighted by Gasteiger charge is 2.36. The Hall–Kier alpha value is -5.00. The van der Waals surface area contributed by atoms with Gasteiger partial charge in [0, 0.05) is 56.0 Å². The lowest BCUT2D eigenvalue weighted by molar-refractivity contribution is -0.120. The second kappa shape index (κ2) is 13.9. The maximum absolute atomic E-state index is 11.2. The van der Waals surface area contributed by atoms with E-state index in [0.29, 0.717) is 57.1 Å². The number of ether oxygens (including phenoxy) is 2. The largest absolute Gasteiger partial charge is 0.470 e. The zero-order chi connectivity index (χ0) is 35.9. The Labute approximate surface area is 304 Å². The van der Waals surface area contributed by atoms with Crippen LogP contribution in [0.5, 0.6) is 17.5 Å². The van der Waals surface area contributed by atoms with Crippen molar-refractivity contribution in [1.82, 2.24) is 50.5 Å². The summed E-state index contributed by atoms with van der Waals surface area (Å²) in [6.07, 6.45) is 9.59. The van der Waals surface area contributed by atoms with Gasteiger partial charge in [-0.15, -0.1) is 10.2 Å². The van der Waals surface area contributed by atoms with Crippen molar-refractivity contribution < 1.29 is 14.3 Å². The van der Waals surface area contributed by atoms with Gasteiger partial charge in [-0.2, -0.15) is 0 Å². The molecule has 3 saturated heterocycles. The lowest BCUT2D eigenvalue weighted by Gasteiger charge is -2.45. The number of hydrogen-bond donors (Lipinski definition) is 5. The Morgan fingerprint density at radius 2 is 1.60 bits per heavy atom. The number of piperidine rings is 3. The molecule has 3 aliphatic rings. The number of amides is 1. The third-order valence-corrected chi connectivity index (χ3v) is 10.9. The molecule has 17 nitrogen and oxygen atoms in total. The van der Waals surface area contributed by atoms with Gasteiger partial charge in [0.15, 0.2) is 22.3 Å². The standard InChI is InChI=1S/C34H43ClN14O3/c1-33(6-11-48(12-7-33)25-16-38-27-29(41-25)43-45-31(27)51-22-3-2-10-47(18-22)20-50)40-19-34(37)8-13-49(14-9-34)26-17-39-28-30(42-26)44-46-32(28)52-24-5-4-21(36)15-23(24)35/h4-5,15-17,20,22,40H,2-3,6-14,18-19,36-37H2,1H3,(H,41,43,45)(H,42,44,46). The third-order valence-electron chi connectivity index (χ3n) is 10.6. The topological polar surface area (TPSA) is 218 Å². The number of carbonyl (C=O) groups is 1. The Morgan fingerprint density at radius 1 is 0.962 bits per heavy atom. The van der Waals surface area contributed by atoms with Crippen molar-refractivity contribution in [1.29, 1.82) is 0 Å². The second-order valence-corrected chi connectivity index (χ2v) is 14.8. The van der Waals surface area contributed by atoms with Gasteiger partial charge in [0.25, 0.3) is 11.8 Å². The molecule has 7 N–H and O–H groups in total.